The van der Waals surface area contributed by atoms with Crippen molar-refractivity contribution >= 4 is 67.9 Å². The monoisotopic (exact) mass is 830 g/mol. The van der Waals surface area contributed by atoms with E-state index in [-0.39, 0.29) is 58.9 Å². The molecule has 3 atom stereocenters. The van der Waals surface area contributed by atoms with Crippen LogP contribution in [0.4, 0.5) is 4.79 Å². The number of hydrogen-bond acceptors (Lipinski definition) is 12. The average Bonchev–Trinajstić information content (AvgIpc) is 3.64. The van der Waals surface area contributed by atoms with Gasteiger partial charge in [0.25, 0.3) is 11.8 Å². The first kappa shape index (κ1) is 41.0. The number of nitrogens with zero attached hydrogens (tertiary/aromatic N) is 1. The van der Waals surface area contributed by atoms with Gasteiger partial charge in [0.2, 0.25) is 6.29 Å². The van der Waals surface area contributed by atoms with E-state index in [1.165, 1.54) is 25.1 Å². The second-order valence-electron chi connectivity index (χ2n) is 13.4. The zero-order valence-corrected chi connectivity index (χ0v) is 32.9. The minimum atomic E-state index is -3.60. The van der Waals surface area contributed by atoms with Gasteiger partial charge in [-0.1, -0.05) is 41.4 Å². The van der Waals surface area contributed by atoms with Crippen molar-refractivity contribution in [2.24, 2.45) is 0 Å². The Bertz CT molecular complexity index is 2220. The molecule has 2 unspecified atom stereocenters. The van der Waals surface area contributed by atoms with Crippen molar-refractivity contribution in [1.29, 1.82) is 0 Å². The summed E-state index contributed by atoms with van der Waals surface area (Å²) in [6.07, 6.45) is 2.45. The minimum absolute atomic E-state index is 0.00161. The Morgan fingerprint density at radius 3 is 2.61 bits per heavy atom. The van der Waals surface area contributed by atoms with Crippen molar-refractivity contribution < 1.29 is 55.7 Å². The molecule has 56 heavy (non-hydrogen) atoms. The molecule has 1 aromatic heterocycles. The zero-order chi connectivity index (χ0) is 40.0. The van der Waals surface area contributed by atoms with Gasteiger partial charge in [0, 0.05) is 50.2 Å². The molecule has 0 bridgehead atoms. The lowest BCUT2D eigenvalue weighted by atomic mass is 9.95. The predicted octanol–water partition coefficient (Wildman–Crippen LogP) is 6.27. The largest absolute Gasteiger partial charge is 0.511 e. The van der Waals surface area contributed by atoms with Gasteiger partial charge in [-0.05, 0) is 78.8 Å². The van der Waals surface area contributed by atoms with Crippen LogP contribution in [0.1, 0.15) is 63.6 Å². The molecule has 298 valence electrons. The summed E-state index contributed by atoms with van der Waals surface area (Å²) in [4.78, 5) is 54.8. The number of nitrogens with one attached hydrogen (secondary N) is 1. The Hall–Kier alpha value is -4.67. The highest BCUT2D eigenvalue weighted by Crippen LogP contribution is 2.35. The summed E-state index contributed by atoms with van der Waals surface area (Å²) in [5.74, 6) is -2.04. The van der Waals surface area contributed by atoms with Gasteiger partial charge in [-0.15, -0.1) is 0 Å². The lowest BCUT2D eigenvalue weighted by molar-refractivity contribution is -0.175. The number of fused-ring (bicyclic) bond motifs is 2. The van der Waals surface area contributed by atoms with E-state index in [1.807, 2.05) is 6.07 Å². The summed E-state index contributed by atoms with van der Waals surface area (Å²) in [6, 6.07) is 13.0. The third-order valence-electron chi connectivity index (χ3n) is 9.27. The molecule has 14 nitrogen and oxygen atoms in total. The molecule has 4 aromatic rings. The fraction of sp³-hybridized carbons (Fsp3) is 0.385. The summed E-state index contributed by atoms with van der Waals surface area (Å²) >= 11 is 13.5. The quantitative estimate of drug-likeness (QED) is 0.0910. The molecular formula is C39H40Cl2N2O12S. The van der Waals surface area contributed by atoms with Crippen LogP contribution in [-0.2, 0) is 57.7 Å². The van der Waals surface area contributed by atoms with Crippen molar-refractivity contribution in [3.63, 3.8) is 0 Å². The van der Waals surface area contributed by atoms with Gasteiger partial charge in [0.15, 0.2) is 16.1 Å². The van der Waals surface area contributed by atoms with Gasteiger partial charge < -0.3 is 38.3 Å². The van der Waals surface area contributed by atoms with Crippen LogP contribution < -0.4 is 5.32 Å². The minimum Gasteiger partial charge on any atom is -0.464 e. The van der Waals surface area contributed by atoms with Crippen molar-refractivity contribution in [2.75, 3.05) is 32.6 Å². The average molecular weight is 832 g/mol. The molecule has 1 saturated heterocycles. The maximum atomic E-state index is 13.9. The van der Waals surface area contributed by atoms with E-state index in [9.17, 15) is 27.6 Å². The Labute approximate surface area is 333 Å². The van der Waals surface area contributed by atoms with Crippen molar-refractivity contribution in [2.45, 2.75) is 69.1 Å². The maximum Gasteiger partial charge on any atom is 0.511 e. The first-order valence-corrected chi connectivity index (χ1v) is 20.5. The van der Waals surface area contributed by atoms with E-state index >= 15 is 0 Å². The smallest absolute Gasteiger partial charge is 0.464 e. The third kappa shape index (κ3) is 10.2. The summed E-state index contributed by atoms with van der Waals surface area (Å²) in [5.41, 5.74) is 2.58. The van der Waals surface area contributed by atoms with Gasteiger partial charge in [-0.25, -0.2) is 18.0 Å². The van der Waals surface area contributed by atoms with Gasteiger partial charge in [-0.2, -0.15) is 0 Å². The maximum absolute atomic E-state index is 13.9. The number of furan rings is 1. The lowest BCUT2D eigenvalue weighted by Gasteiger charge is -2.30. The van der Waals surface area contributed by atoms with Gasteiger partial charge in [0.05, 0.1) is 33.4 Å². The van der Waals surface area contributed by atoms with Crippen LogP contribution in [-0.4, -0.2) is 88.5 Å². The first-order valence-electron chi connectivity index (χ1n) is 17.9. The molecule has 3 aromatic carbocycles. The van der Waals surface area contributed by atoms with Crippen LogP contribution in [0.3, 0.4) is 0 Å². The number of sulfone groups is 1. The van der Waals surface area contributed by atoms with Crippen LogP contribution >= 0.6 is 23.2 Å². The molecule has 0 aliphatic carbocycles. The molecule has 2 amide bonds. The lowest BCUT2D eigenvalue weighted by Crippen LogP contribution is -2.45. The number of amides is 2. The normalized spacial score (nSPS) is 16.7. The third-order valence-corrected chi connectivity index (χ3v) is 11.1. The number of ether oxygens (including phenoxy) is 5. The van der Waals surface area contributed by atoms with E-state index in [0.717, 1.165) is 30.9 Å². The Balaban J connectivity index is 1.14. The number of carbonyl (C=O) groups is 4. The number of rotatable bonds is 13. The summed E-state index contributed by atoms with van der Waals surface area (Å²) in [7, 11) is -3.60. The molecule has 0 spiro atoms. The van der Waals surface area contributed by atoms with Crippen LogP contribution in [0, 0.1) is 0 Å². The highest BCUT2D eigenvalue weighted by molar-refractivity contribution is 7.90. The number of benzene rings is 3. The molecule has 0 saturated carbocycles. The summed E-state index contributed by atoms with van der Waals surface area (Å²) in [6.45, 7) is 2.31. The first-order chi connectivity index (χ1) is 26.8. The van der Waals surface area contributed by atoms with E-state index in [2.05, 4.69) is 5.32 Å². The molecular weight excluding hydrogens is 791 g/mol. The second kappa shape index (κ2) is 18.1. The Morgan fingerprint density at radius 2 is 1.84 bits per heavy atom. The van der Waals surface area contributed by atoms with Crippen LogP contribution in [0.5, 0.6) is 0 Å². The Kier molecular flexibility index (Phi) is 13.2. The molecule has 2 aliphatic heterocycles. The SMILES string of the molecule is CC(OC(=O)OCCOC1CCCCO1)OC(=O)[C@H](Cc1cccc(S(C)(=O)=O)c1)NC(=O)c1c(Cl)cc2c(c1Cl)CCN(C(=O)c1ccc3ccoc3c1)C2. The number of carbonyl (C=O) groups excluding carboxylic acids is 4. The topological polar surface area (TPSA) is 177 Å². The van der Waals surface area contributed by atoms with Crippen molar-refractivity contribution in [3.8, 4) is 0 Å². The fourth-order valence-electron chi connectivity index (χ4n) is 6.45. The van der Waals surface area contributed by atoms with Gasteiger partial charge in [0.1, 0.15) is 18.2 Å². The number of halogens is 2. The molecule has 3 heterocycles. The predicted molar refractivity (Wildman–Crippen MR) is 203 cm³/mol. The van der Waals surface area contributed by atoms with E-state index in [4.69, 9.17) is 51.3 Å². The number of hydrogen-bond donors (Lipinski definition) is 1. The van der Waals surface area contributed by atoms with Crippen LogP contribution in [0.2, 0.25) is 10.0 Å². The molecule has 1 N–H and O–H groups in total. The van der Waals surface area contributed by atoms with E-state index < -0.39 is 40.2 Å². The zero-order valence-electron chi connectivity index (χ0n) is 30.6. The molecule has 6 rings (SSSR count). The highest BCUT2D eigenvalue weighted by atomic mass is 35.5. The standard InChI is InChI=1S/C39H40Cl2N2O12S/c1-23(55-39(47)53-17-16-52-33-8-3-4-14-51-33)54-38(46)31(19-24-6-5-7-28(18-24)56(2,48)49)42-36(44)34-30(40)20-27-22-43(13-11-29(27)35(34)41)37(45)26-10-9-25-12-15-50-32(25)21-26/h5-7,9-10,12,15,18,20-21,23,31,33H,3-4,8,11,13-14,16-17,19,22H2,1-2H3,(H,42,44)/t23?,31-,33?/m0/s1. The van der Waals surface area contributed by atoms with Crippen molar-refractivity contribution in [3.05, 3.63) is 98.7 Å². The molecule has 2 aliphatic rings. The second-order valence-corrected chi connectivity index (χ2v) is 16.2. The van der Waals surface area contributed by atoms with Crippen LogP contribution in [0.15, 0.2) is 70.2 Å². The molecule has 1 fully saturated rings. The summed E-state index contributed by atoms with van der Waals surface area (Å²) < 4.78 is 56.4. The number of esters is 1. The van der Waals surface area contributed by atoms with Gasteiger partial charge >= 0.3 is 12.1 Å². The van der Waals surface area contributed by atoms with E-state index in [0.29, 0.717) is 47.4 Å². The molecule has 0 radical (unpaired) electrons. The fourth-order valence-corrected chi connectivity index (χ4v) is 7.91. The van der Waals surface area contributed by atoms with Crippen molar-refractivity contribution in [1.82, 2.24) is 10.2 Å². The molecule has 17 heteroatoms. The van der Waals surface area contributed by atoms with Crippen LogP contribution in [0.25, 0.3) is 11.0 Å². The summed E-state index contributed by atoms with van der Waals surface area (Å²) in [5, 5.41) is 3.52. The van der Waals surface area contributed by atoms with Gasteiger partial charge in [-0.3, -0.25) is 9.59 Å². The highest BCUT2D eigenvalue weighted by Gasteiger charge is 2.32. The Morgan fingerprint density at radius 1 is 1.02 bits per heavy atom. The van der Waals surface area contributed by atoms with E-state index in [1.54, 1.807) is 41.5 Å².